The standard InChI is InChI=1S/C86H76N2O4P4/c1-65-63-71(87(67-43-53-81(54-44-67)93(89,73-27-11-3-12-28-73)74-29-13-4-14-30-74)68-45-55-82(56-46-68)94(90,75-31-15-5-16-32-75)76-33-17-6-18-34-76)51-61-85(65)86-62-52-72(64-66(86)2)88(69-47-57-83(58-48-69)95(91,77-35-19-7-20-36-77)78-37-21-8-22-38-78)70-49-59-84(60-50-70)96(92,79-39-23-9-24-40-79)80-41-25-10-26-42-80/h3-41,43-63,66,80,89-92H,42,64H2,1-2H3/q+4. The van der Waals surface area contributed by atoms with Crippen molar-refractivity contribution in [2.45, 2.75) is 32.3 Å². The number of benzene rings is 12. The van der Waals surface area contributed by atoms with Gasteiger partial charge in [-0.2, -0.15) is 0 Å². The maximum Gasteiger partial charge on any atom is 0.238 e. The third-order valence-electron chi connectivity index (χ3n) is 18.9. The first kappa shape index (κ1) is 64.1. The molecule has 2 aliphatic carbocycles. The Morgan fingerprint density at radius 3 is 0.948 bits per heavy atom. The van der Waals surface area contributed by atoms with Crippen LogP contribution in [0.1, 0.15) is 30.9 Å². The van der Waals surface area contributed by atoms with Crippen molar-refractivity contribution in [2.75, 3.05) is 9.80 Å². The van der Waals surface area contributed by atoms with Crippen molar-refractivity contribution in [3.05, 3.63) is 381 Å². The fraction of sp³-hybridized carbons (Fsp3) is 0.0698. The number of rotatable bonds is 19. The summed E-state index contributed by atoms with van der Waals surface area (Å²) in [4.78, 5) is 56.8. The Hall–Kier alpha value is -9.24. The van der Waals surface area contributed by atoms with Gasteiger partial charge in [0.25, 0.3) is 0 Å². The summed E-state index contributed by atoms with van der Waals surface area (Å²) in [5.41, 5.74) is 9.32. The van der Waals surface area contributed by atoms with Gasteiger partial charge in [0.1, 0.15) is 64.0 Å². The molecule has 96 heavy (non-hydrogen) atoms. The summed E-state index contributed by atoms with van der Waals surface area (Å²) in [7, 11) is -11.9. The second-order valence-electron chi connectivity index (χ2n) is 24.7. The molecule has 0 saturated heterocycles. The minimum Gasteiger partial charge on any atom is -0.314 e. The lowest BCUT2D eigenvalue weighted by molar-refractivity contribution is 0.611. The van der Waals surface area contributed by atoms with E-state index in [1.54, 1.807) is 0 Å². The van der Waals surface area contributed by atoms with Gasteiger partial charge in [-0.3, -0.25) is 0 Å². The van der Waals surface area contributed by atoms with E-state index < -0.39 is 30.0 Å². The zero-order chi connectivity index (χ0) is 65.7. The number of aryl methyl sites for hydroxylation is 1. The van der Waals surface area contributed by atoms with Crippen molar-refractivity contribution >= 4 is 122 Å². The fourth-order valence-corrected chi connectivity index (χ4v) is 25.0. The molecule has 14 rings (SSSR count). The second-order valence-corrected chi connectivity index (χ2v) is 36.2. The SMILES string of the molecule is Cc1cc(N(c2ccc([P+](O)(c3ccccc3)c3ccccc3)cc2)c2ccc([P+](O)(c3ccccc3)c3ccccc3)cc2)ccc1C1=CC=C(N(c2ccc([P+](O)(c3ccccc3)c3ccccc3)cc2)c2ccc([P+](O)(c3ccccc3)C3C=CC=CC3)cc2)CC1C. The van der Waals surface area contributed by atoms with Crippen LogP contribution in [-0.4, -0.2) is 25.2 Å². The highest BCUT2D eigenvalue weighted by molar-refractivity contribution is 7.92. The zero-order valence-corrected chi connectivity index (χ0v) is 57.3. The summed E-state index contributed by atoms with van der Waals surface area (Å²) in [6.45, 7) is 4.52. The Bertz CT molecular complexity index is 4510. The van der Waals surface area contributed by atoms with E-state index in [0.717, 1.165) is 116 Å². The van der Waals surface area contributed by atoms with Crippen LogP contribution in [0.4, 0.5) is 28.4 Å². The van der Waals surface area contributed by atoms with Crippen LogP contribution in [0.5, 0.6) is 0 Å². The lowest BCUT2D eigenvalue weighted by Gasteiger charge is -2.33. The molecule has 0 aliphatic heterocycles. The molecule has 2 aliphatic rings. The Balaban J connectivity index is 0.850. The number of anilines is 5. The van der Waals surface area contributed by atoms with Gasteiger partial charge in [-0.15, -0.1) is 0 Å². The highest BCUT2D eigenvalue weighted by Crippen LogP contribution is 2.60. The molecule has 0 aromatic heterocycles. The van der Waals surface area contributed by atoms with Crippen LogP contribution in [0.2, 0.25) is 0 Å². The van der Waals surface area contributed by atoms with E-state index in [-0.39, 0.29) is 11.6 Å². The number of allylic oxidation sites excluding steroid dienone is 8. The molecule has 10 heteroatoms. The van der Waals surface area contributed by atoms with Crippen LogP contribution in [0.15, 0.2) is 370 Å². The van der Waals surface area contributed by atoms with Crippen molar-refractivity contribution in [1.82, 2.24) is 0 Å². The van der Waals surface area contributed by atoms with Gasteiger partial charge >= 0.3 is 0 Å². The van der Waals surface area contributed by atoms with Crippen molar-refractivity contribution in [2.24, 2.45) is 5.92 Å². The Morgan fingerprint density at radius 1 is 0.323 bits per heavy atom. The third-order valence-corrected chi connectivity index (χ3v) is 31.8. The smallest absolute Gasteiger partial charge is 0.238 e. The van der Waals surface area contributed by atoms with Gasteiger partial charge in [0.2, 0.25) is 30.0 Å². The minimum absolute atomic E-state index is 0.0523. The maximum absolute atomic E-state index is 13.1. The number of hydrogen-bond acceptors (Lipinski definition) is 6. The lowest BCUT2D eigenvalue weighted by atomic mass is 9.84. The molecule has 0 spiro atoms. The van der Waals surface area contributed by atoms with Crippen molar-refractivity contribution in [3.8, 4) is 0 Å². The molecule has 4 N–H and O–H groups in total. The van der Waals surface area contributed by atoms with Gasteiger partial charge < -0.3 is 9.80 Å². The molecule has 12 aromatic rings. The van der Waals surface area contributed by atoms with Crippen LogP contribution < -0.4 is 68.1 Å². The molecule has 0 heterocycles. The molecule has 0 amide bonds. The topological polar surface area (TPSA) is 87.4 Å². The quantitative estimate of drug-likeness (QED) is 0.0604. The van der Waals surface area contributed by atoms with Gasteiger partial charge in [-0.05, 0) is 242 Å². The van der Waals surface area contributed by atoms with Gasteiger partial charge in [0, 0.05) is 40.6 Å². The molecule has 6 nitrogen and oxygen atoms in total. The molecule has 470 valence electrons. The summed E-state index contributed by atoms with van der Waals surface area (Å²) < 4.78 is 0. The normalized spacial score (nSPS) is 15.4. The first-order chi connectivity index (χ1) is 46.9. The van der Waals surface area contributed by atoms with Gasteiger partial charge in [0.15, 0.2) is 0 Å². The average molecular weight is 1330 g/mol. The summed E-state index contributed by atoms with van der Waals surface area (Å²) >= 11 is 0. The van der Waals surface area contributed by atoms with Gasteiger partial charge in [-0.1, -0.05) is 165 Å². The minimum atomic E-state index is -3.02. The highest BCUT2D eigenvalue weighted by Gasteiger charge is 2.50. The molecule has 0 radical (unpaired) electrons. The fourth-order valence-electron chi connectivity index (χ4n) is 13.9. The zero-order valence-electron chi connectivity index (χ0n) is 53.7. The Kier molecular flexibility index (Phi) is 18.6. The lowest BCUT2D eigenvalue weighted by Crippen LogP contribution is -2.31. The highest BCUT2D eigenvalue weighted by atomic mass is 31.2. The van der Waals surface area contributed by atoms with E-state index in [1.165, 1.54) is 5.57 Å². The Morgan fingerprint density at radius 2 is 0.625 bits per heavy atom. The van der Waals surface area contributed by atoms with Gasteiger partial charge in [0.05, 0.1) is 0 Å². The van der Waals surface area contributed by atoms with E-state index in [4.69, 9.17) is 0 Å². The van der Waals surface area contributed by atoms with Crippen molar-refractivity contribution < 1.29 is 19.6 Å². The predicted molar refractivity (Wildman–Crippen MR) is 415 cm³/mol. The summed E-state index contributed by atoms with van der Waals surface area (Å²) in [5.74, 6) is 0.104. The maximum atomic E-state index is 13.1. The Labute approximate surface area is 567 Å². The first-order valence-corrected chi connectivity index (χ1v) is 39.7. The van der Waals surface area contributed by atoms with Crippen LogP contribution in [-0.2, 0) is 0 Å². The van der Waals surface area contributed by atoms with E-state index in [1.807, 2.05) is 200 Å². The summed E-state index contributed by atoms with van der Waals surface area (Å²) in [5, 5.41) is 9.79. The largest absolute Gasteiger partial charge is 0.314 e. The first-order valence-electron chi connectivity index (χ1n) is 32.7. The molecule has 3 atom stereocenters. The molecular formula is C86H76N2O4P4+4. The van der Waals surface area contributed by atoms with Crippen LogP contribution in [0.25, 0.3) is 5.57 Å². The third kappa shape index (κ3) is 12.2. The summed E-state index contributed by atoms with van der Waals surface area (Å²) in [6.07, 6.45) is 14.5. The molecule has 3 unspecified atom stereocenters. The van der Waals surface area contributed by atoms with Crippen LogP contribution in [0.3, 0.4) is 0 Å². The molecule has 12 aromatic carbocycles. The van der Waals surface area contributed by atoms with E-state index in [2.05, 4.69) is 187 Å². The number of hydrogen-bond donors (Lipinski definition) is 4. The summed E-state index contributed by atoms with van der Waals surface area (Å²) in [6, 6.07) is 111. The van der Waals surface area contributed by atoms with Crippen molar-refractivity contribution in [1.29, 1.82) is 0 Å². The van der Waals surface area contributed by atoms with Crippen LogP contribution in [0, 0.1) is 12.8 Å². The van der Waals surface area contributed by atoms with Crippen LogP contribution >= 0.6 is 30.0 Å². The number of nitrogens with zero attached hydrogens (tertiary/aromatic N) is 2. The predicted octanol–water partition coefficient (Wildman–Crippen LogP) is 16.0. The molecule has 0 bridgehead atoms. The second kappa shape index (κ2) is 27.8. The molecule has 0 saturated carbocycles. The van der Waals surface area contributed by atoms with E-state index in [9.17, 15) is 19.6 Å². The average Bonchev–Trinajstić information content (AvgIpc) is 0.780. The van der Waals surface area contributed by atoms with E-state index >= 15 is 0 Å². The van der Waals surface area contributed by atoms with E-state index in [0.29, 0.717) is 0 Å². The van der Waals surface area contributed by atoms with Crippen molar-refractivity contribution in [3.63, 3.8) is 0 Å². The van der Waals surface area contributed by atoms with Gasteiger partial charge in [-0.25, -0.2) is 19.6 Å². The monoisotopic (exact) mass is 1320 g/mol. The molecule has 0 fully saturated rings. The molecular weight excluding hydrogens is 1250 g/mol.